The molecule has 3 heterocycles. The highest BCUT2D eigenvalue weighted by Gasteiger charge is 2.29. The van der Waals surface area contributed by atoms with Gasteiger partial charge in [0.05, 0.1) is 6.20 Å². The Morgan fingerprint density at radius 2 is 2.00 bits per heavy atom. The fourth-order valence-corrected chi connectivity index (χ4v) is 3.92. The average Bonchev–Trinajstić information content (AvgIpc) is 2.95. The summed E-state index contributed by atoms with van der Waals surface area (Å²) in [5, 5.41) is 8.05. The van der Waals surface area contributed by atoms with E-state index in [1.165, 1.54) is 38.5 Å². The summed E-state index contributed by atoms with van der Waals surface area (Å²) < 4.78 is 2.03. The van der Waals surface area contributed by atoms with Crippen molar-refractivity contribution < 1.29 is 0 Å². The number of nitrogens with zero attached hydrogens (tertiary/aromatic N) is 5. The molecule has 0 aromatic carbocycles. The minimum absolute atomic E-state index is 0.331. The van der Waals surface area contributed by atoms with Crippen LogP contribution in [0.3, 0.4) is 0 Å². The first kappa shape index (κ1) is 15.6. The quantitative estimate of drug-likeness (QED) is 0.870. The Morgan fingerprint density at radius 3 is 2.75 bits per heavy atom. The first-order chi connectivity index (χ1) is 11.7. The number of anilines is 2. The van der Waals surface area contributed by atoms with Crippen molar-refractivity contribution in [3.63, 3.8) is 0 Å². The number of hydrogen-bond donors (Lipinski definition) is 2. The molecule has 130 valence electrons. The summed E-state index contributed by atoms with van der Waals surface area (Å²) in [6.07, 6.45) is 10.2. The number of nitrogens with two attached hydrogens (primary N) is 1. The van der Waals surface area contributed by atoms with Crippen LogP contribution in [0, 0.1) is 5.92 Å². The van der Waals surface area contributed by atoms with Crippen LogP contribution in [0.5, 0.6) is 0 Å². The first-order valence-corrected chi connectivity index (χ1v) is 9.16. The smallest absolute Gasteiger partial charge is 0.222 e. The molecule has 0 bridgehead atoms. The Hall–Kier alpha value is -1.89. The maximum absolute atomic E-state index is 5.91. The Bertz CT molecular complexity index is 698. The van der Waals surface area contributed by atoms with E-state index < -0.39 is 0 Å². The molecule has 2 fully saturated rings. The molecule has 1 aliphatic carbocycles. The Labute approximate surface area is 142 Å². The van der Waals surface area contributed by atoms with E-state index in [9.17, 15) is 0 Å². The van der Waals surface area contributed by atoms with E-state index in [0.29, 0.717) is 12.0 Å². The van der Waals surface area contributed by atoms with Crippen LogP contribution in [0.2, 0.25) is 0 Å². The molecule has 0 amide bonds. The van der Waals surface area contributed by atoms with Crippen LogP contribution in [0.1, 0.15) is 38.5 Å². The van der Waals surface area contributed by atoms with Crippen molar-refractivity contribution in [3.8, 4) is 0 Å². The number of fused-ring (bicyclic) bond motifs is 1. The second kappa shape index (κ2) is 6.55. The number of likely N-dealkylation sites (N-methyl/N-ethyl adjacent to an activating group) is 1. The molecule has 7 heteroatoms. The molecule has 0 unspecified atom stereocenters. The van der Waals surface area contributed by atoms with Crippen LogP contribution in [0.25, 0.3) is 11.0 Å². The Balaban J connectivity index is 1.51. The molecular weight excluding hydrogens is 302 g/mol. The van der Waals surface area contributed by atoms with Crippen molar-refractivity contribution in [3.05, 3.63) is 6.20 Å². The van der Waals surface area contributed by atoms with Gasteiger partial charge in [-0.25, -0.2) is 4.98 Å². The number of nitrogen functional groups attached to an aromatic ring is 1. The number of rotatable bonds is 5. The predicted octanol–water partition coefficient (Wildman–Crippen LogP) is 1.79. The van der Waals surface area contributed by atoms with E-state index in [1.54, 1.807) is 0 Å². The van der Waals surface area contributed by atoms with Crippen LogP contribution in [0.4, 0.5) is 11.8 Å². The maximum Gasteiger partial charge on any atom is 0.222 e. The Kier molecular flexibility index (Phi) is 4.26. The third-order valence-corrected chi connectivity index (χ3v) is 5.49. The highest BCUT2D eigenvalue weighted by Crippen LogP contribution is 2.29. The van der Waals surface area contributed by atoms with E-state index >= 15 is 0 Å². The zero-order valence-corrected chi connectivity index (χ0v) is 14.4. The third-order valence-electron chi connectivity index (χ3n) is 5.49. The maximum atomic E-state index is 5.91. The van der Waals surface area contributed by atoms with Crippen molar-refractivity contribution >= 4 is 22.8 Å². The van der Waals surface area contributed by atoms with Crippen molar-refractivity contribution in [1.82, 2.24) is 25.1 Å². The van der Waals surface area contributed by atoms with Gasteiger partial charge in [-0.1, -0.05) is 32.1 Å². The zero-order valence-electron chi connectivity index (χ0n) is 14.4. The summed E-state index contributed by atoms with van der Waals surface area (Å²) in [7, 11) is 1.99. The highest BCUT2D eigenvalue weighted by molar-refractivity contribution is 5.86. The van der Waals surface area contributed by atoms with Crippen molar-refractivity contribution in [2.24, 2.45) is 5.92 Å². The summed E-state index contributed by atoms with van der Waals surface area (Å²) in [5.41, 5.74) is 7.64. The third kappa shape index (κ3) is 3.05. The molecule has 3 N–H and O–H groups in total. The van der Waals surface area contributed by atoms with Gasteiger partial charge in [0.15, 0.2) is 11.3 Å². The lowest BCUT2D eigenvalue weighted by molar-refractivity contribution is 0.319. The van der Waals surface area contributed by atoms with E-state index in [-0.39, 0.29) is 0 Å². The summed E-state index contributed by atoms with van der Waals surface area (Å²) in [6.45, 7) is 2.84. The topological polar surface area (TPSA) is 84.9 Å². The van der Waals surface area contributed by atoms with Gasteiger partial charge >= 0.3 is 0 Å². The summed E-state index contributed by atoms with van der Waals surface area (Å²) in [5.74, 6) is 2.06. The Morgan fingerprint density at radius 1 is 1.21 bits per heavy atom. The van der Waals surface area contributed by atoms with Gasteiger partial charge in [-0.15, -0.1) is 0 Å². The average molecular weight is 329 g/mol. The zero-order chi connectivity index (χ0) is 16.5. The second-order valence-electron chi connectivity index (χ2n) is 7.21. The van der Waals surface area contributed by atoms with E-state index in [1.807, 2.05) is 17.9 Å². The van der Waals surface area contributed by atoms with Crippen LogP contribution >= 0.6 is 0 Å². The first-order valence-electron chi connectivity index (χ1n) is 9.16. The summed E-state index contributed by atoms with van der Waals surface area (Å²) in [6, 6.07) is 0.518. The lowest BCUT2D eigenvalue weighted by atomic mass is 9.87. The number of aryl methyl sites for hydroxylation is 1. The lowest BCUT2D eigenvalue weighted by Crippen LogP contribution is -2.57. The lowest BCUT2D eigenvalue weighted by Gasteiger charge is -2.39. The minimum Gasteiger partial charge on any atom is -0.368 e. The number of nitrogens with one attached hydrogen (secondary N) is 1. The molecule has 0 atom stereocenters. The van der Waals surface area contributed by atoms with Crippen LogP contribution in [-0.4, -0.2) is 45.9 Å². The molecular formula is C17H27N7. The summed E-state index contributed by atoms with van der Waals surface area (Å²) in [4.78, 5) is 11.0. The van der Waals surface area contributed by atoms with Gasteiger partial charge in [0.2, 0.25) is 5.95 Å². The highest BCUT2D eigenvalue weighted by atomic mass is 15.3. The molecule has 2 aliphatic rings. The van der Waals surface area contributed by atoms with Gasteiger partial charge in [0, 0.05) is 25.7 Å². The molecule has 1 saturated heterocycles. The van der Waals surface area contributed by atoms with Crippen molar-refractivity contribution in [2.75, 3.05) is 30.8 Å². The molecule has 7 nitrogen and oxygen atoms in total. The molecule has 0 spiro atoms. The van der Waals surface area contributed by atoms with Gasteiger partial charge in [0.25, 0.3) is 0 Å². The monoisotopic (exact) mass is 329 g/mol. The normalized spacial score (nSPS) is 19.8. The van der Waals surface area contributed by atoms with Gasteiger partial charge in [-0.3, -0.25) is 4.68 Å². The second-order valence-corrected chi connectivity index (χ2v) is 7.21. The molecule has 24 heavy (non-hydrogen) atoms. The van der Waals surface area contributed by atoms with Crippen LogP contribution in [0.15, 0.2) is 6.20 Å². The summed E-state index contributed by atoms with van der Waals surface area (Å²) >= 11 is 0. The van der Waals surface area contributed by atoms with Crippen LogP contribution in [-0.2, 0) is 6.54 Å². The van der Waals surface area contributed by atoms with Gasteiger partial charge in [0.1, 0.15) is 5.52 Å². The van der Waals surface area contributed by atoms with E-state index in [4.69, 9.17) is 10.8 Å². The fourth-order valence-electron chi connectivity index (χ4n) is 3.92. The molecule has 1 aliphatic heterocycles. The predicted molar refractivity (Wildman–Crippen MR) is 96.0 cm³/mol. The SMILES string of the molecule is CNC1CN(c2nc(N)nc3cn(CCC4CCCCC4)nc23)C1. The van der Waals surface area contributed by atoms with E-state index in [0.717, 1.165) is 42.4 Å². The minimum atomic E-state index is 0.331. The molecule has 0 radical (unpaired) electrons. The fraction of sp³-hybridized carbons (Fsp3) is 0.706. The van der Waals surface area contributed by atoms with Crippen molar-refractivity contribution in [1.29, 1.82) is 0 Å². The van der Waals surface area contributed by atoms with Gasteiger partial charge in [-0.05, 0) is 19.4 Å². The molecule has 2 aromatic heterocycles. The van der Waals surface area contributed by atoms with Gasteiger partial charge < -0.3 is 16.0 Å². The molecule has 2 aromatic rings. The standard InChI is InChI=1S/C17H27N7/c1-19-13-9-23(10-13)16-15-14(20-17(18)21-16)11-24(22-15)8-7-12-5-3-2-4-6-12/h11-13,19H,2-10H2,1H3,(H2,18,20). The van der Waals surface area contributed by atoms with Gasteiger partial charge in [-0.2, -0.15) is 10.1 Å². The molecule has 1 saturated carbocycles. The van der Waals surface area contributed by atoms with Crippen LogP contribution < -0.4 is 16.0 Å². The molecule has 4 rings (SSSR count). The largest absolute Gasteiger partial charge is 0.368 e. The number of aromatic nitrogens is 4. The van der Waals surface area contributed by atoms with E-state index in [2.05, 4.69) is 20.2 Å². The van der Waals surface area contributed by atoms with Crippen molar-refractivity contribution in [2.45, 2.75) is 51.1 Å². The number of hydrogen-bond acceptors (Lipinski definition) is 6.